The fourth-order valence-electron chi connectivity index (χ4n) is 2.94. The Morgan fingerprint density at radius 3 is 2.79 bits per heavy atom. The lowest BCUT2D eigenvalue weighted by atomic mass is 10.0. The number of nitro groups is 1. The van der Waals surface area contributed by atoms with E-state index in [0.29, 0.717) is 17.6 Å². The molecule has 0 radical (unpaired) electrons. The lowest BCUT2D eigenvalue weighted by Gasteiger charge is -2.29. The second-order valence-electron chi connectivity index (χ2n) is 5.33. The van der Waals surface area contributed by atoms with Crippen LogP contribution in [0.5, 0.6) is 0 Å². The molecule has 5 nitrogen and oxygen atoms in total. The number of anilines is 2. The molecule has 1 unspecified atom stereocenters. The molecule has 0 saturated carbocycles. The molecule has 1 N–H and O–H groups in total. The Morgan fingerprint density at radius 2 is 2.21 bits per heavy atom. The predicted molar refractivity (Wildman–Crippen MR) is 77.8 cm³/mol. The van der Waals surface area contributed by atoms with E-state index < -0.39 is 0 Å². The monoisotopic (exact) mass is 263 g/mol. The van der Waals surface area contributed by atoms with Gasteiger partial charge in [0.1, 0.15) is 11.4 Å². The summed E-state index contributed by atoms with van der Waals surface area (Å²) in [6.07, 6.45) is 2.21. The molecule has 1 aliphatic rings. The summed E-state index contributed by atoms with van der Waals surface area (Å²) in [6.45, 7) is 5.25. The van der Waals surface area contributed by atoms with E-state index in [-0.39, 0.29) is 10.6 Å². The number of nitrogens with one attached hydrogen (secondary N) is 1. The summed E-state index contributed by atoms with van der Waals surface area (Å²) >= 11 is 0. The summed E-state index contributed by atoms with van der Waals surface area (Å²) < 4.78 is 0. The molecular formula is C14H21N3O2. The third kappa shape index (κ3) is 2.50. The molecule has 0 amide bonds. The zero-order chi connectivity index (χ0) is 14.0. The van der Waals surface area contributed by atoms with Gasteiger partial charge < -0.3 is 10.2 Å². The Kier molecular flexibility index (Phi) is 3.93. The Morgan fingerprint density at radius 1 is 1.47 bits per heavy atom. The molecule has 1 atom stereocenters. The van der Waals surface area contributed by atoms with Crippen LogP contribution in [0.1, 0.15) is 26.7 Å². The summed E-state index contributed by atoms with van der Waals surface area (Å²) in [5, 5.41) is 14.3. The van der Waals surface area contributed by atoms with Gasteiger partial charge >= 0.3 is 5.69 Å². The van der Waals surface area contributed by atoms with Gasteiger partial charge in [-0.1, -0.05) is 19.9 Å². The van der Waals surface area contributed by atoms with Gasteiger partial charge in [-0.3, -0.25) is 10.1 Å². The van der Waals surface area contributed by atoms with Gasteiger partial charge in [-0.2, -0.15) is 0 Å². The molecule has 2 rings (SSSR count). The molecule has 1 heterocycles. The summed E-state index contributed by atoms with van der Waals surface area (Å²) in [4.78, 5) is 13.3. The molecular weight excluding hydrogens is 242 g/mol. The maximum Gasteiger partial charge on any atom is 0.315 e. The molecule has 0 aliphatic carbocycles. The van der Waals surface area contributed by atoms with Crippen LogP contribution < -0.4 is 10.2 Å². The van der Waals surface area contributed by atoms with Crippen molar-refractivity contribution in [3.8, 4) is 0 Å². The molecule has 1 fully saturated rings. The van der Waals surface area contributed by atoms with Crippen molar-refractivity contribution in [2.24, 2.45) is 5.92 Å². The third-order valence-electron chi connectivity index (χ3n) is 3.84. The zero-order valence-electron chi connectivity index (χ0n) is 11.7. The van der Waals surface area contributed by atoms with E-state index in [1.807, 2.05) is 12.1 Å². The number of nitro benzene ring substituents is 1. The second-order valence-corrected chi connectivity index (χ2v) is 5.33. The Balaban J connectivity index is 2.47. The zero-order valence-corrected chi connectivity index (χ0v) is 11.7. The highest BCUT2D eigenvalue weighted by atomic mass is 16.6. The van der Waals surface area contributed by atoms with Gasteiger partial charge in [0.05, 0.1) is 4.92 Å². The minimum atomic E-state index is -0.281. The summed E-state index contributed by atoms with van der Waals surface area (Å²) in [5.41, 5.74) is 1.52. The van der Waals surface area contributed by atoms with E-state index in [0.717, 1.165) is 25.1 Å². The van der Waals surface area contributed by atoms with Crippen molar-refractivity contribution in [2.45, 2.75) is 32.7 Å². The van der Waals surface area contributed by atoms with Crippen molar-refractivity contribution >= 4 is 17.1 Å². The smallest absolute Gasteiger partial charge is 0.315 e. The maximum absolute atomic E-state index is 11.4. The first-order chi connectivity index (χ1) is 9.06. The van der Waals surface area contributed by atoms with Gasteiger partial charge in [0.2, 0.25) is 0 Å². The van der Waals surface area contributed by atoms with Crippen molar-refractivity contribution in [1.29, 1.82) is 0 Å². The van der Waals surface area contributed by atoms with Crippen LogP contribution in [-0.2, 0) is 0 Å². The van der Waals surface area contributed by atoms with E-state index in [2.05, 4.69) is 24.1 Å². The first-order valence-corrected chi connectivity index (χ1v) is 6.78. The average Bonchev–Trinajstić information content (AvgIpc) is 2.86. The first kappa shape index (κ1) is 13.6. The Hall–Kier alpha value is -1.78. The number of rotatable bonds is 4. The fraction of sp³-hybridized carbons (Fsp3) is 0.571. The molecule has 0 bridgehead atoms. The van der Waals surface area contributed by atoms with Gasteiger partial charge in [0.25, 0.3) is 0 Å². The van der Waals surface area contributed by atoms with E-state index >= 15 is 0 Å². The highest BCUT2D eigenvalue weighted by Gasteiger charge is 2.32. The van der Waals surface area contributed by atoms with Crippen molar-refractivity contribution in [1.82, 2.24) is 0 Å². The minimum Gasteiger partial charge on any atom is -0.382 e. The molecule has 19 heavy (non-hydrogen) atoms. The van der Waals surface area contributed by atoms with Gasteiger partial charge in [0.15, 0.2) is 0 Å². The SMILES string of the molecule is CNc1cccc(N2CCCC2C(C)C)c1[N+](=O)[O-]. The van der Waals surface area contributed by atoms with Crippen molar-refractivity contribution in [3.63, 3.8) is 0 Å². The quantitative estimate of drug-likeness (QED) is 0.669. The minimum absolute atomic E-state index is 0.192. The largest absolute Gasteiger partial charge is 0.382 e. The highest BCUT2D eigenvalue weighted by Crippen LogP contribution is 2.39. The van der Waals surface area contributed by atoms with Gasteiger partial charge in [0, 0.05) is 19.6 Å². The van der Waals surface area contributed by atoms with Crippen molar-refractivity contribution < 1.29 is 4.92 Å². The third-order valence-corrected chi connectivity index (χ3v) is 3.84. The lowest BCUT2D eigenvalue weighted by Crippen LogP contribution is -2.33. The van der Waals surface area contributed by atoms with Crippen LogP contribution >= 0.6 is 0 Å². The number of nitrogens with zero attached hydrogens (tertiary/aromatic N) is 2. The highest BCUT2D eigenvalue weighted by molar-refractivity contribution is 5.77. The topological polar surface area (TPSA) is 58.4 Å². The first-order valence-electron chi connectivity index (χ1n) is 6.78. The number of para-hydroxylation sites is 1. The number of hydrogen-bond acceptors (Lipinski definition) is 4. The second kappa shape index (κ2) is 5.47. The average molecular weight is 263 g/mol. The molecule has 1 aromatic carbocycles. The molecule has 1 aromatic rings. The van der Waals surface area contributed by atoms with Gasteiger partial charge in [-0.25, -0.2) is 0 Å². The normalized spacial score (nSPS) is 18.9. The summed E-state index contributed by atoms with van der Waals surface area (Å²) in [6, 6.07) is 5.89. The predicted octanol–water partition coefficient (Wildman–Crippen LogP) is 3.26. The number of benzene rings is 1. The van der Waals surface area contributed by atoms with Crippen LogP contribution in [0, 0.1) is 16.0 Å². The fourth-order valence-corrected chi connectivity index (χ4v) is 2.94. The van der Waals surface area contributed by atoms with E-state index in [1.165, 1.54) is 0 Å². The molecule has 1 saturated heterocycles. The van der Waals surface area contributed by atoms with E-state index in [9.17, 15) is 10.1 Å². The van der Waals surface area contributed by atoms with Crippen LogP contribution in [0.3, 0.4) is 0 Å². The van der Waals surface area contributed by atoms with Crippen LogP contribution in [-0.4, -0.2) is 24.6 Å². The number of hydrogen-bond donors (Lipinski definition) is 1. The lowest BCUT2D eigenvalue weighted by molar-refractivity contribution is -0.383. The summed E-state index contributed by atoms with van der Waals surface area (Å²) in [5.74, 6) is 0.500. The molecule has 104 valence electrons. The Labute approximate surface area is 113 Å². The standard InChI is InChI=1S/C14H21N3O2/c1-10(2)12-8-5-9-16(12)13-7-4-6-11(15-3)14(13)17(18)19/h4,6-7,10,12,15H,5,8-9H2,1-3H3. The van der Waals surface area contributed by atoms with E-state index in [4.69, 9.17) is 0 Å². The molecule has 5 heteroatoms. The van der Waals surface area contributed by atoms with Crippen molar-refractivity contribution in [2.75, 3.05) is 23.8 Å². The van der Waals surface area contributed by atoms with E-state index in [1.54, 1.807) is 13.1 Å². The maximum atomic E-state index is 11.4. The molecule has 1 aliphatic heterocycles. The van der Waals surface area contributed by atoms with Crippen LogP contribution in [0.4, 0.5) is 17.1 Å². The van der Waals surface area contributed by atoms with Crippen LogP contribution in [0.15, 0.2) is 18.2 Å². The van der Waals surface area contributed by atoms with Crippen LogP contribution in [0.25, 0.3) is 0 Å². The summed E-state index contributed by atoms with van der Waals surface area (Å²) in [7, 11) is 1.72. The van der Waals surface area contributed by atoms with Gasteiger partial charge in [-0.05, 0) is 30.9 Å². The molecule has 0 spiro atoms. The molecule has 0 aromatic heterocycles. The van der Waals surface area contributed by atoms with Gasteiger partial charge in [-0.15, -0.1) is 0 Å². The van der Waals surface area contributed by atoms with Crippen molar-refractivity contribution in [3.05, 3.63) is 28.3 Å². The Bertz CT molecular complexity index is 474. The van der Waals surface area contributed by atoms with Crippen LogP contribution in [0.2, 0.25) is 0 Å².